The van der Waals surface area contributed by atoms with Crippen LogP contribution in [0.1, 0.15) is 34.1 Å². The SMILES string of the molecule is CC1=C(CC(N)C(=O)[C@@H](N)CO)C(=O)c2ccccc2C1=O. The van der Waals surface area contributed by atoms with Crippen molar-refractivity contribution in [1.29, 1.82) is 0 Å². The molecule has 116 valence electrons. The average molecular weight is 302 g/mol. The van der Waals surface area contributed by atoms with Crippen LogP contribution in [-0.4, -0.2) is 41.1 Å². The molecule has 2 atom stereocenters. The van der Waals surface area contributed by atoms with Crippen LogP contribution in [0.4, 0.5) is 0 Å². The van der Waals surface area contributed by atoms with Gasteiger partial charge in [-0.1, -0.05) is 24.3 Å². The Balaban J connectivity index is 2.32. The van der Waals surface area contributed by atoms with E-state index in [2.05, 4.69) is 0 Å². The fraction of sp³-hybridized carbons (Fsp3) is 0.312. The second kappa shape index (κ2) is 6.31. The number of benzene rings is 1. The molecule has 0 aliphatic heterocycles. The van der Waals surface area contributed by atoms with Gasteiger partial charge in [-0.3, -0.25) is 14.4 Å². The van der Waals surface area contributed by atoms with Crippen molar-refractivity contribution in [2.75, 3.05) is 6.61 Å². The minimum atomic E-state index is -1.09. The third kappa shape index (κ3) is 2.76. The summed E-state index contributed by atoms with van der Waals surface area (Å²) in [6.07, 6.45) is -0.0721. The van der Waals surface area contributed by atoms with Crippen molar-refractivity contribution in [1.82, 2.24) is 0 Å². The number of nitrogens with two attached hydrogens (primary N) is 2. The van der Waals surface area contributed by atoms with Crippen LogP contribution >= 0.6 is 0 Å². The molecular formula is C16H18N2O4. The molecule has 0 heterocycles. The van der Waals surface area contributed by atoms with Gasteiger partial charge in [0.15, 0.2) is 17.3 Å². The quantitative estimate of drug-likeness (QED) is 0.702. The summed E-state index contributed by atoms with van der Waals surface area (Å²) in [5.74, 6) is -1.08. The second-order valence-electron chi connectivity index (χ2n) is 5.31. The molecule has 0 aromatic heterocycles. The van der Waals surface area contributed by atoms with E-state index >= 15 is 0 Å². The van der Waals surface area contributed by atoms with Crippen molar-refractivity contribution in [3.63, 3.8) is 0 Å². The zero-order chi connectivity index (χ0) is 16.4. The molecule has 0 spiro atoms. The number of rotatable bonds is 5. The summed E-state index contributed by atoms with van der Waals surface area (Å²) in [5, 5.41) is 8.90. The van der Waals surface area contributed by atoms with Crippen molar-refractivity contribution in [3.8, 4) is 0 Å². The zero-order valence-corrected chi connectivity index (χ0v) is 12.2. The maximum atomic E-state index is 12.5. The van der Waals surface area contributed by atoms with Gasteiger partial charge < -0.3 is 16.6 Å². The van der Waals surface area contributed by atoms with Crippen molar-refractivity contribution >= 4 is 17.3 Å². The predicted molar refractivity (Wildman–Crippen MR) is 80.5 cm³/mol. The molecule has 0 fully saturated rings. The van der Waals surface area contributed by atoms with Gasteiger partial charge in [-0.15, -0.1) is 0 Å². The van der Waals surface area contributed by atoms with Crippen LogP contribution in [0.15, 0.2) is 35.4 Å². The summed E-state index contributed by atoms with van der Waals surface area (Å²) in [4.78, 5) is 36.7. The summed E-state index contributed by atoms with van der Waals surface area (Å²) in [6, 6.07) is 4.43. The minimum Gasteiger partial charge on any atom is -0.394 e. The first kappa shape index (κ1) is 16.2. The first-order valence-corrected chi connectivity index (χ1v) is 6.92. The maximum Gasteiger partial charge on any atom is 0.190 e. The predicted octanol–water partition coefficient (Wildman–Crippen LogP) is -0.0118. The number of carbonyl (C=O) groups excluding carboxylic acids is 3. The van der Waals surface area contributed by atoms with Crippen LogP contribution in [0.5, 0.6) is 0 Å². The molecule has 1 aliphatic rings. The lowest BCUT2D eigenvalue weighted by atomic mass is 9.81. The lowest BCUT2D eigenvalue weighted by molar-refractivity contribution is -0.122. The number of ketones is 3. The number of allylic oxidation sites excluding steroid dienone is 1. The largest absolute Gasteiger partial charge is 0.394 e. The summed E-state index contributed by atoms with van der Waals surface area (Å²) < 4.78 is 0. The van der Waals surface area contributed by atoms with E-state index in [1.807, 2.05) is 0 Å². The van der Waals surface area contributed by atoms with Crippen molar-refractivity contribution in [2.45, 2.75) is 25.4 Å². The van der Waals surface area contributed by atoms with Gasteiger partial charge in [-0.2, -0.15) is 0 Å². The molecule has 6 nitrogen and oxygen atoms in total. The highest BCUT2D eigenvalue weighted by Gasteiger charge is 2.32. The van der Waals surface area contributed by atoms with Crippen LogP contribution in [0.25, 0.3) is 0 Å². The van der Waals surface area contributed by atoms with Crippen LogP contribution in [0.3, 0.4) is 0 Å². The van der Waals surface area contributed by atoms with Crippen molar-refractivity contribution < 1.29 is 19.5 Å². The molecule has 0 saturated carbocycles. The zero-order valence-electron chi connectivity index (χ0n) is 12.2. The Morgan fingerprint density at radius 3 is 2.18 bits per heavy atom. The molecule has 1 aromatic rings. The number of fused-ring (bicyclic) bond motifs is 1. The highest BCUT2D eigenvalue weighted by molar-refractivity contribution is 6.26. The summed E-state index contributed by atoms with van der Waals surface area (Å²) in [5.41, 5.74) is 12.4. The van der Waals surface area contributed by atoms with Crippen molar-refractivity contribution in [2.24, 2.45) is 11.5 Å². The minimum absolute atomic E-state index is 0.0721. The molecule has 22 heavy (non-hydrogen) atoms. The molecule has 0 bridgehead atoms. The highest BCUT2D eigenvalue weighted by atomic mass is 16.3. The molecule has 5 N–H and O–H groups in total. The molecule has 1 aromatic carbocycles. The highest BCUT2D eigenvalue weighted by Crippen LogP contribution is 2.28. The van der Waals surface area contributed by atoms with Crippen LogP contribution in [0, 0.1) is 0 Å². The monoisotopic (exact) mass is 302 g/mol. The van der Waals surface area contributed by atoms with Crippen LogP contribution in [-0.2, 0) is 4.79 Å². The molecule has 6 heteroatoms. The summed E-state index contributed by atoms with van der Waals surface area (Å²) in [6.45, 7) is 1.04. The first-order valence-electron chi connectivity index (χ1n) is 6.92. The Bertz CT molecular complexity index is 678. The number of hydrogen-bond donors (Lipinski definition) is 3. The third-order valence-corrected chi connectivity index (χ3v) is 3.84. The van der Waals surface area contributed by atoms with Gasteiger partial charge in [0, 0.05) is 22.3 Å². The van der Waals surface area contributed by atoms with E-state index in [0.29, 0.717) is 16.7 Å². The molecule has 1 aliphatic carbocycles. The Morgan fingerprint density at radius 1 is 1.09 bits per heavy atom. The van der Waals surface area contributed by atoms with E-state index < -0.39 is 24.5 Å². The Kier molecular flexibility index (Phi) is 4.65. The van der Waals surface area contributed by atoms with E-state index in [-0.39, 0.29) is 23.6 Å². The van der Waals surface area contributed by atoms with E-state index in [9.17, 15) is 14.4 Å². The smallest absolute Gasteiger partial charge is 0.190 e. The van der Waals surface area contributed by atoms with Crippen LogP contribution < -0.4 is 11.5 Å². The normalized spacial score (nSPS) is 17.3. The summed E-state index contributed by atoms with van der Waals surface area (Å²) in [7, 11) is 0. The third-order valence-electron chi connectivity index (χ3n) is 3.84. The van der Waals surface area contributed by atoms with Crippen molar-refractivity contribution in [3.05, 3.63) is 46.5 Å². The Morgan fingerprint density at radius 2 is 1.64 bits per heavy atom. The van der Waals surface area contributed by atoms with Gasteiger partial charge in [0.2, 0.25) is 0 Å². The fourth-order valence-corrected chi connectivity index (χ4v) is 2.48. The van der Waals surface area contributed by atoms with E-state index in [1.165, 1.54) is 0 Å². The molecule has 0 saturated heterocycles. The molecular weight excluding hydrogens is 284 g/mol. The van der Waals surface area contributed by atoms with Crippen LogP contribution in [0.2, 0.25) is 0 Å². The lowest BCUT2D eigenvalue weighted by Crippen LogP contribution is -2.46. The number of aliphatic hydroxyl groups is 1. The van der Waals surface area contributed by atoms with Gasteiger partial charge in [-0.05, 0) is 13.3 Å². The molecule has 0 amide bonds. The Hall–Kier alpha value is -2.15. The van der Waals surface area contributed by atoms with E-state index in [4.69, 9.17) is 16.6 Å². The second-order valence-corrected chi connectivity index (χ2v) is 5.31. The van der Waals surface area contributed by atoms with E-state index in [1.54, 1.807) is 31.2 Å². The standard InChI is InChI=1S/C16H18N2O4/c1-8-11(6-12(17)16(22)13(18)7-19)15(21)10-5-3-2-4-9(10)14(8)20/h2-5,12-13,19H,6-7,17-18H2,1H3/t12?,13-/m0/s1. The maximum absolute atomic E-state index is 12.5. The van der Waals surface area contributed by atoms with Gasteiger partial charge in [0.25, 0.3) is 0 Å². The lowest BCUT2D eigenvalue weighted by Gasteiger charge is -2.21. The molecule has 1 unspecified atom stereocenters. The fourth-order valence-electron chi connectivity index (χ4n) is 2.48. The summed E-state index contributed by atoms with van der Waals surface area (Å²) >= 11 is 0. The average Bonchev–Trinajstić information content (AvgIpc) is 2.54. The number of aliphatic hydroxyl groups excluding tert-OH is 1. The van der Waals surface area contributed by atoms with E-state index in [0.717, 1.165) is 0 Å². The molecule has 0 radical (unpaired) electrons. The Labute approximate surface area is 127 Å². The number of carbonyl (C=O) groups is 3. The number of Topliss-reactive ketones (excluding diaryl/α,β-unsaturated/α-hetero) is 3. The molecule has 2 rings (SSSR count). The topological polar surface area (TPSA) is 123 Å². The van der Waals surface area contributed by atoms with Gasteiger partial charge >= 0.3 is 0 Å². The van der Waals surface area contributed by atoms with Gasteiger partial charge in [-0.25, -0.2) is 0 Å². The first-order chi connectivity index (χ1) is 10.4. The van der Waals surface area contributed by atoms with Gasteiger partial charge in [0.1, 0.15) is 0 Å². The number of hydrogen-bond acceptors (Lipinski definition) is 6. The van der Waals surface area contributed by atoms with Gasteiger partial charge in [0.05, 0.1) is 18.7 Å².